The molecule has 2 aromatic rings. The minimum absolute atomic E-state index is 0. The molecule has 0 N–H and O–H groups in total. The molecule has 0 saturated heterocycles. The first-order chi connectivity index (χ1) is 17.6. The zero-order valence-electron chi connectivity index (χ0n) is 21.6. The Labute approximate surface area is 244 Å². The summed E-state index contributed by atoms with van der Waals surface area (Å²) in [7, 11) is 0. The van der Waals surface area contributed by atoms with Gasteiger partial charge in [-0.3, -0.25) is 0 Å². The molecule has 0 nitrogen and oxygen atoms in total. The fourth-order valence-electron chi connectivity index (χ4n) is 5.67. The van der Waals surface area contributed by atoms with E-state index < -0.39 is 17.4 Å². The standard InChI is InChI=1S/2C17H13.CH2.2ClH.Ti/c2*1-13-11-15-9-5-6-10-16(17(15)12-13)14-7-3-2-4-8-14;;;;/h2*2-10,12H,1H3;1H2;2*1H;. The van der Waals surface area contributed by atoms with Gasteiger partial charge in [0.1, 0.15) is 0 Å². The van der Waals surface area contributed by atoms with Crippen LogP contribution in [0, 0.1) is 13.8 Å². The maximum atomic E-state index is 4.96. The topological polar surface area (TPSA) is 0 Å². The van der Waals surface area contributed by atoms with Crippen molar-refractivity contribution in [3.05, 3.63) is 132 Å². The number of hydrogen-bond donors (Lipinski definition) is 0. The minimum atomic E-state index is -2.10. The maximum absolute atomic E-state index is 4.96. The Morgan fingerprint density at radius 3 is 1.11 bits per heavy atom. The van der Waals surface area contributed by atoms with Crippen molar-refractivity contribution in [2.75, 3.05) is 0 Å². The predicted octanol–water partition coefficient (Wildman–Crippen LogP) is 8.69. The second-order valence-corrected chi connectivity index (χ2v) is 12.6. The first kappa shape index (κ1) is 28.0. The van der Waals surface area contributed by atoms with Crippen molar-refractivity contribution in [3.63, 3.8) is 0 Å². The van der Waals surface area contributed by atoms with Gasteiger partial charge in [0.25, 0.3) is 0 Å². The summed E-state index contributed by atoms with van der Waals surface area (Å²) in [6, 6.07) is 44.1. The Morgan fingerprint density at radius 2 is 0.737 bits per heavy atom. The first-order valence-corrected chi connectivity index (χ1v) is 15.2. The third kappa shape index (κ3) is 4.91. The van der Waals surface area contributed by atoms with Crippen LogP contribution >= 0.6 is 24.8 Å². The van der Waals surface area contributed by atoms with E-state index in [1.807, 2.05) is 0 Å². The van der Waals surface area contributed by atoms with Gasteiger partial charge in [0, 0.05) is 0 Å². The van der Waals surface area contributed by atoms with Crippen LogP contribution in [0.4, 0.5) is 0 Å². The predicted molar refractivity (Wildman–Crippen MR) is 167 cm³/mol. The third-order valence-corrected chi connectivity index (χ3v) is 11.2. The number of aryl methyl sites for hydroxylation is 2. The van der Waals surface area contributed by atoms with E-state index in [1.165, 1.54) is 63.4 Å². The molecule has 3 heteroatoms. The quantitative estimate of drug-likeness (QED) is 0.186. The molecule has 0 spiro atoms. The first-order valence-electron chi connectivity index (χ1n) is 12.5. The molecule has 0 bridgehead atoms. The Bertz CT molecular complexity index is 1530. The molecule has 0 unspecified atom stereocenters. The summed E-state index contributed by atoms with van der Waals surface area (Å²) >= 11 is -2.10. The molecular formula is C35H30Cl2Ti. The van der Waals surface area contributed by atoms with Crippen LogP contribution in [0.1, 0.15) is 11.1 Å². The van der Waals surface area contributed by atoms with Crippen LogP contribution in [0.3, 0.4) is 0 Å². The molecule has 0 heterocycles. The van der Waals surface area contributed by atoms with Crippen LogP contribution in [0.2, 0.25) is 0 Å². The van der Waals surface area contributed by atoms with Crippen LogP contribution in [0.15, 0.2) is 121 Å². The normalized spacial score (nSPS) is 10.6. The van der Waals surface area contributed by atoms with Crippen molar-refractivity contribution in [1.82, 2.24) is 0 Å². The molecule has 0 radical (unpaired) electrons. The number of halogens is 2. The van der Waals surface area contributed by atoms with E-state index >= 15 is 0 Å². The fraction of sp³-hybridized carbons (Fsp3) is 0.0571. The number of benzene rings is 2. The molecule has 0 amide bonds. The van der Waals surface area contributed by atoms with E-state index in [9.17, 15) is 0 Å². The summed E-state index contributed by atoms with van der Waals surface area (Å²) in [5, 5.41) is 0. The molecule has 188 valence electrons. The van der Waals surface area contributed by atoms with Gasteiger partial charge < -0.3 is 0 Å². The monoisotopic (exact) mass is 568 g/mol. The molecule has 38 heavy (non-hydrogen) atoms. The molecule has 0 saturated carbocycles. The zero-order valence-corrected chi connectivity index (χ0v) is 24.8. The molecule has 0 aliphatic heterocycles. The van der Waals surface area contributed by atoms with E-state index in [4.69, 9.17) is 4.82 Å². The molecule has 0 fully saturated rings. The molecule has 2 aromatic carbocycles. The van der Waals surface area contributed by atoms with Gasteiger partial charge in [-0.2, -0.15) is 0 Å². The average molecular weight is 569 g/mol. The SMILES string of the molecule is Cl.Cl.[CH2]=[Ti]([c]1c(C)cc2c(-c3ccccc3)ccccc1-2)[c]1c(C)cc2c(-c3ccccc3)ccccc1-2. The van der Waals surface area contributed by atoms with Gasteiger partial charge >= 0.3 is 221 Å². The molecular weight excluding hydrogens is 539 g/mol. The second-order valence-electron chi connectivity index (χ2n) is 9.53. The van der Waals surface area contributed by atoms with Crippen molar-refractivity contribution in [3.8, 4) is 44.5 Å². The van der Waals surface area contributed by atoms with Gasteiger partial charge in [-0.25, -0.2) is 0 Å². The van der Waals surface area contributed by atoms with Crippen molar-refractivity contribution >= 4 is 37.4 Å². The van der Waals surface area contributed by atoms with Crippen molar-refractivity contribution in [1.29, 1.82) is 0 Å². The van der Waals surface area contributed by atoms with E-state index in [0.29, 0.717) is 0 Å². The summed E-state index contributed by atoms with van der Waals surface area (Å²) in [4.78, 5) is 4.96. The summed E-state index contributed by atoms with van der Waals surface area (Å²) in [6.07, 6.45) is 0. The zero-order chi connectivity index (χ0) is 24.6. The van der Waals surface area contributed by atoms with Crippen LogP contribution < -0.4 is 7.74 Å². The summed E-state index contributed by atoms with van der Waals surface area (Å²) in [6.45, 7) is 4.55. The number of hydrogen-bond acceptors (Lipinski definition) is 0. The summed E-state index contributed by atoms with van der Waals surface area (Å²) < 4.78 is 2.98. The van der Waals surface area contributed by atoms with Gasteiger partial charge in [0.15, 0.2) is 0 Å². The third-order valence-electron chi connectivity index (χ3n) is 7.26. The van der Waals surface area contributed by atoms with Gasteiger partial charge in [0.2, 0.25) is 0 Å². The fourth-order valence-corrected chi connectivity index (χ4v) is 9.47. The van der Waals surface area contributed by atoms with E-state index in [1.54, 1.807) is 0 Å². The van der Waals surface area contributed by atoms with Gasteiger partial charge in [-0.1, -0.05) is 0 Å². The van der Waals surface area contributed by atoms with Crippen LogP contribution in [0.5, 0.6) is 0 Å². The van der Waals surface area contributed by atoms with Gasteiger partial charge in [-0.15, -0.1) is 24.8 Å². The Kier molecular flexibility index (Phi) is 8.71. The van der Waals surface area contributed by atoms with Crippen molar-refractivity contribution in [2.45, 2.75) is 13.8 Å². The van der Waals surface area contributed by atoms with Crippen molar-refractivity contribution in [2.24, 2.45) is 0 Å². The van der Waals surface area contributed by atoms with E-state index in [0.717, 1.165) is 0 Å². The van der Waals surface area contributed by atoms with Crippen LogP contribution in [-0.2, 0) is 17.4 Å². The molecule has 6 rings (SSSR count). The van der Waals surface area contributed by atoms with E-state index in [2.05, 4.69) is 135 Å². The molecule has 0 atom stereocenters. The van der Waals surface area contributed by atoms with Gasteiger partial charge in [-0.05, 0) is 0 Å². The Hall–Kier alpha value is -3.00. The Morgan fingerprint density at radius 1 is 0.421 bits per heavy atom. The average Bonchev–Trinajstić information content (AvgIpc) is 3.21. The second kappa shape index (κ2) is 11.8. The van der Waals surface area contributed by atoms with Crippen LogP contribution in [-0.4, -0.2) is 4.82 Å². The molecule has 4 aliphatic rings. The summed E-state index contributed by atoms with van der Waals surface area (Å²) in [5.74, 6) is 0. The van der Waals surface area contributed by atoms with Crippen molar-refractivity contribution < 1.29 is 17.4 Å². The molecule has 0 aromatic heterocycles. The van der Waals surface area contributed by atoms with Crippen LogP contribution in [0.25, 0.3) is 44.5 Å². The van der Waals surface area contributed by atoms with E-state index in [-0.39, 0.29) is 24.8 Å². The number of rotatable bonds is 4. The Balaban J connectivity index is 0.00000168. The van der Waals surface area contributed by atoms with Gasteiger partial charge in [0.05, 0.1) is 0 Å². The number of fused-ring (bicyclic) bond motifs is 2. The molecule has 4 aliphatic carbocycles. The summed E-state index contributed by atoms with van der Waals surface area (Å²) in [5.41, 5.74) is 13.2.